The topological polar surface area (TPSA) is 85.0 Å². The van der Waals surface area contributed by atoms with Crippen LogP contribution < -0.4 is 5.73 Å². The summed E-state index contributed by atoms with van der Waals surface area (Å²) in [4.78, 5) is 7.93. The second-order valence-corrected chi connectivity index (χ2v) is 10.4. The summed E-state index contributed by atoms with van der Waals surface area (Å²) in [6, 6.07) is 9.82. The fourth-order valence-electron chi connectivity index (χ4n) is 3.07. The molecule has 0 atom stereocenters. The van der Waals surface area contributed by atoms with Gasteiger partial charge in [-0.15, -0.1) is 11.3 Å². The lowest BCUT2D eigenvalue weighted by molar-refractivity contribution is -0.0925. The number of allylic oxidation sites excluding steroid dienone is 2. The van der Waals surface area contributed by atoms with E-state index < -0.39 is 21.7 Å². The molecular weight excluding hydrogens is 463 g/mol. The molecule has 1 aliphatic heterocycles. The molecule has 1 saturated heterocycles. The highest BCUT2D eigenvalue weighted by Gasteiger charge is 2.32. The lowest BCUT2D eigenvalue weighted by Gasteiger charge is -2.25. The maximum atomic E-state index is 13.0. The Hall–Kier alpha value is -2.21. The van der Waals surface area contributed by atoms with Gasteiger partial charge in [0.25, 0.3) is 0 Å². The molecule has 0 spiro atoms. The molecule has 0 amide bonds. The van der Waals surface area contributed by atoms with Gasteiger partial charge >= 0.3 is 6.18 Å². The van der Waals surface area contributed by atoms with Crippen LogP contribution in [0.2, 0.25) is 0 Å². The minimum absolute atomic E-state index is 0.142. The van der Waals surface area contributed by atoms with E-state index in [-0.39, 0.29) is 10.6 Å². The number of nitrogens with two attached hydrogens (primary N) is 1. The number of rotatable bonds is 7. The molecule has 0 saturated carbocycles. The van der Waals surface area contributed by atoms with Crippen LogP contribution in [0, 0.1) is 0 Å². The number of thiophene rings is 1. The Labute approximate surface area is 189 Å². The molecule has 11 heteroatoms. The molecule has 3 rings (SSSR count). The lowest BCUT2D eigenvalue weighted by Crippen LogP contribution is -2.37. The average molecular weight is 488 g/mol. The Kier molecular flexibility index (Phi) is 7.75. The zero-order valence-electron chi connectivity index (χ0n) is 17.4. The Bertz CT molecular complexity index is 1100. The second kappa shape index (κ2) is 10.2. The normalized spacial score (nSPS) is 17.0. The first-order chi connectivity index (χ1) is 15.0. The highest BCUT2D eigenvalue weighted by molar-refractivity contribution is 7.90. The van der Waals surface area contributed by atoms with Crippen LogP contribution in [-0.2, 0) is 14.6 Å². The van der Waals surface area contributed by atoms with E-state index in [0.29, 0.717) is 41.6 Å². The maximum absolute atomic E-state index is 13.0. The molecule has 0 bridgehead atoms. The zero-order valence-corrected chi connectivity index (χ0v) is 19.1. The largest absolute Gasteiger partial charge is 0.430 e. The van der Waals surface area contributed by atoms with Crippen molar-refractivity contribution in [2.24, 2.45) is 10.7 Å². The molecule has 1 fully saturated rings. The van der Waals surface area contributed by atoms with Crippen LogP contribution >= 0.6 is 11.3 Å². The third-order valence-corrected chi connectivity index (χ3v) is 7.09. The van der Waals surface area contributed by atoms with Crippen LogP contribution in [0.25, 0.3) is 10.4 Å². The van der Waals surface area contributed by atoms with Crippen molar-refractivity contribution in [1.29, 1.82) is 0 Å². The van der Waals surface area contributed by atoms with Gasteiger partial charge in [0.05, 0.1) is 35.2 Å². The highest BCUT2D eigenvalue weighted by Crippen LogP contribution is 2.31. The van der Waals surface area contributed by atoms with Gasteiger partial charge in [-0.25, -0.2) is 8.42 Å². The van der Waals surface area contributed by atoms with Gasteiger partial charge in [-0.05, 0) is 35.9 Å². The molecule has 1 aliphatic rings. The molecule has 32 heavy (non-hydrogen) atoms. The summed E-state index contributed by atoms with van der Waals surface area (Å²) in [5.74, 6) is 0. The zero-order chi connectivity index (χ0) is 23.4. The number of benzene rings is 1. The van der Waals surface area contributed by atoms with E-state index in [1.54, 1.807) is 30.3 Å². The number of halogens is 3. The molecular formula is C21H24F3N3O3S2. The predicted molar refractivity (Wildman–Crippen MR) is 120 cm³/mol. The predicted octanol–water partition coefficient (Wildman–Crippen LogP) is 3.34. The van der Waals surface area contributed by atoms with E-state index in [0.717, 1.165) is 25.4 Å². The number of ether oxygens (including phenoxy) is 1. The number of aliphatic imine (C=N–C) groups is 1. The fourth-order valence-corrected chi connectivity index (χ4v) is 4.72. The van der Waals surface area contributed by atoms with Crippen LogP contribution in [0.5, 0.6) is 0 Å². The van der Waals surface area contributed by atoms with E-state index in [2.05, 4.69) is 9.89 Å². The summed E-state index contributed by atoms with van der Waals surface area (Å²) in [5, 5.41) is 0. The SMILES string of the molecule is CS(=O)(=O)c1cccc(-c2ccc(C(/C=C(\N)C(F)(F)F)=NCCN3CCOCC3)s2)c1. The van der Waals surface area contributed by atoms with Crippen molar-refractivity contribution in [1.82, 2.24) is 4.90 Å². The minimum atomic E-state index is -4.66. The quantitative estimate of drug-likeness (QED) is 0.606. The first-order valence-electron chi connectivity index (χ1n) is 9.83. The van der Waals surface area contributed by atoms with E-state index in [9.17, 15) is 21.6 Å². The summed E-state index contributed by atoms with van der Waals surface area (Å²) in [6.07, 6.45) is -2.69. The first-order valence-corrected chi connectivity index (χ1v) is 12.5. The van der Waals surface area contributed by atoms with Gasteiger partial charge in [-0.1, -0.05) is 12.1 Å². The molecule has 6 nitrogen and oxygen atoms in total. The summed E-state index contributed by atoms with van der Waals surface area (Å²) in [6.45, 7) is 3.67. The molecule has 174 valence electrons. The van der Waals surface area contributed by atoms with Crippen molar-refractivity contribution in [3.05, 3.63) is 53.0 Å². The third-order valence-electron chi connectivity index (χ3n) is 4.83. The van der Waals surface area contributed by atoms with Crippen molar-refractivity contribution in [2.75, 3.05) is 45.6 Å². The standard InChI is InChI=1S/C21H24F3N3O3S2/c1-32(28,29)16-4-2-3-15(13-16)18-5-6-19(31-18)17(14-20(25)21(22,23)24)26-7-8-27-9-11-30-12-10-27/h2-6,13-14H,7-12,25H2,1H3/b20-14-,26-17?. The number of hydrogen-bond acceptors (Lipinski definition) is 7. The van der Waals surface area contributed by atoms with Gasteiger partial charge in [0.15, 0.2) is 9.84 Å². The fraction of sp³-hybridized carbons (Fsp3) is 0.381. The second-order valence-electron chi connectivity index (χ2n) is 7.28. The van der Waals surface area contributed by atoms with Gasteiger partial charge < -0.3 is 10.5 Å². The van der Waals surface area contributed by atoms with Crippen LogP contribution in [0.4, 0.5) is 13.2 Å². The van der Waals surface area contributed by atoms with Crippen molar-refractivity contribution < 1.29 is 26.3 Å². The summed E-state index contributed by atoms with van der Waals surface area (Å²) in [7, 11) is -3.38. The number of alkyl halides is 3. The van der Waals surface area contributed by atoms with Crippen LogP contribution in [0.3, 0.4) is 0 Å². The molecule has 2 heterocycles. The molecule has 0 aliphatic carbocycles. The van der Waals surface area contributed by atoms with Gasteiger partial charge in [0, 0.05) is 30.8 Å². The van der Waals surface area contributed by atoms with Gasteiger partial charge in [-0.3, -0.25) is 9.89 Å². The lowest BCUT2D eigenvalue weighted by atomic mass is 10.2. The van der Waals surface area contributed by atoms with Crippen LogP contribution in [0.15, 0.2) is 58.1 Å². The van der Waals surface area contributed by atoms with Crippen molar-refractivity contribution in [3.8, 4) is 10.4 Å². The van der Waals surface area contributed by atoms with Gasteiger partial charge in [0.2, 0.25) is 0 Å². The summed E-state index contributed by atoms with van der Waals surface area (Å²) < 4.78 is 68.1. The van der Waals surface area contributed by atoms with Crippen molar-refractivity contribution in [3.63, 3.8) is 0 Å². The van der Waals surface area contributed by atoms with Gasteiger partial charge in [0.1, 0.15) is 5.70 Å². The Morgan fingerprint density at radius 1 is 1.25 bits per heavy atom. The molecule has 1 aromatic carbocycles. The molecule has 2 aromatic rings. The Balaban J connectivity index is 1.88. The maximum Gasteiger partial charge on any atom is 0.430 e. The van der Waals surface area contributed by atoms with E-state index >= 15 is 0 Å². The van der Waals surface area contributed by atoms with Crippen molar-refractivity contribution in [2.45, 2.75) is 11.1 Å². The number of sulfone groups is 1. The van der Waals surface area contributed by atoms with Gasteiger partial charge in [-0.2, -0.15) is 13.2 Å². The van der Waals surface area contributed by atoms with Crippen molar-refractivity contribution >= 4 is 26.9 Å². The number of hydrogen-bond donors (Lipinski definition) is 1. The monoisotopic (exact) mass is 487 g/mol. The molecule has 2 N–H and O–H groups in total. The molecule has 0 radical (unpaired) electrons. The summed E-state index contributed by atoms with van der Waals surface area (Å²) in [5.41, 5.74) is 4.83. The average Bonchev–Trinajstić information content (AvgIpc) is 3.23. The molecule has 1 aromatic heterocycles. The number of morpholine rings is 1. The van der Waals surface area contributed by atoms with Crippen LogP contribution in [-0.4, -0.2) is 70.9 Å². The van der Waals surface area contributed by atoms with Crippen LogP contribution in [0.1, 0.15) is 4.88 Å². The number of nitrogens with zero attached hydrogens (tertiary/aromatic N) is 2. The third kappa shape index (κ3) is 6.64. The summed E-state index contributed by atoms with van der Waals surface area (Å²) >= 11 is 1.23. The van der Waals surface area contributed by atoms with E-state index in [1.807, 2.05) is 0 Å². The smallest absolute Gasteiger partial charge is 0.395 e. The first kappa shape index (κ1) is 24.4. The minimum Gasteiger partial charge on any atom is -0.395 e. The molecule has 0 unspecified atom stereocenters. The van der Waals surface area contributed by atoms with E-state index in [4.69, 9.17) is 10.5 Å². The Morgan fingerprint density at radius 3 is 2.62 bits per heavy atom. The Morgan fingerprint density at radius 2 is 1.97 bits per heavy atom. The van der Waals surface area contributed by atoms with E-state index in [1.165, 1.54) is 17.4 Å². The highest BCUT2D eigenvalue weighted by atomic mass is 32.2.